The van der Waals surface area contributed by atoms with Crippen LogP contribution in [0.5, 0.6) is 5.75 Å². The molecule has 0 aliphatic carbocycles. The summed E-state index contributed by atoms with van der Waals surface area (Å²) in [5.74, 6) is -0.647. The molecule has 3 rings (SSSR count). The van der Waals surface area contributed by atoms with Gasteiger partial charge < -0.3 is 9.72 Å². The molecule has 7 nitrogen and oxygen atoms in total. The smallest absolute Gasteiger partial charge is 0.279 e. The van der Waals surface area contributed by atoms with Gasteiger partial charge in [-0.2, -0.15) is 0 Å². The molecule has 0 bridgehead atoms. The van der Waals surface area contributed by atoms with Crippen molar-refractivity contribution in [3.05, 3.63) is 60.2 Å². The molecule has 0 saturated carbocycles. The van der Waals surface area contributed by atoms with Gasteiger partial charge in [0.15, 0.2) is 17.7 Å². The van der Waals surface area contributed by atoms with Gasteiger partial charge in [-0.1, -0.05) is 24.3 Å². The summed E-state index contributed by atoms with van der Waals surface area (Å²) >= 11 is 1.38. The highest BCUT2D eigenvalue weighted by Crippen LogP contribution is 2.27. The Balaban J connectivity index is 1.43. The summed E-state index contributed by atoms with van der Waals surface area (Å²) in [6.07, 6.45) is -0.977. The lowest BCUT2D eigenvalue weighted by Crippen LogP contribution is -2.47. The predicted molar refractivity (Wildman–Crippen MR) is 110 cm³/mol. The maximum absolute atomic E-state index is 13.6. The van der Waals surface area contributed by atoms with Gasteiger partial charge in [0.25, 0.3) is 5.91 Å². The number of hydrazine groups is 1. The average Bonchev–Trinajstić information content (AvgIpc) is 3.16. The SMILES string of the molecule is C[C@H](Oc1ccccc1F)C(=O)NNC(=O)CS[C@@H](C)c1nc2ccccc2[nH]1. The molecule has 1 aromatic heterocycles. The number of aromatic nitrogens is 2. The molecule has 1 heterocycles. The number of benzene rings is 2. The second-order valence-electron chi connectivity index (χ2n) is 6.32. The van der Waals surface area contributed by atoms with E-state index in [0.717, 1.165) is 16.9 Å². The van der Waals surface area contributed by atoms with E-state index < -0.39 is 17.8 Å². The van der Waals surface area contributed by atoms with Crippen LogP contribution < -0.4 is 15.6 Å². The zero-order chi connectivity index (χ0) is 20.8. The molecule has 3 N–H and O–H groups in total. The number of carbonyl (C=O) groups excluding carboxylic acids is 2. The fourth-order valence-electron chi connectivity index (χ4n) is 2.50. The van der Waals surface area contributed by atoms with Crippen molar-refractivity contribution < 1.29 is 18.7 Å². The number of rotatable bonds is 7. The first-order valence-corrected chi connectivity index (χ1v) is 10.0. The highest BCUT2D eigenvalue weighted by atomic mass is 32.2. The number of H-pyrrole nitrogens is 1. The molecule has 0 saturated heterocycles. The van der Waals surface area contributed by atoms with Crippen LogP contribution in [0, 0.1) is 5.82 Å². The molecule has 152 valence electrons. The number of ether oxygens (including phenoxy) is 1. The Hall–Kier alpha value is -3.07. The van der Waals surface area contributed by atoms with Crippen LogP contribution in [0.4, 0.5) is 4.39 Å². The van der Waals surface area contributed by atoms with Crippen LogP contribution in [0.25, 0.3) is 11.0 Å². The summed E-state index contributed by atoms with van der Waals surface area (Å²) in [5.41, 5.74) is 6.43. The van der Waals surface area contributed by atoms with Crippen molar-refractivity contribution >= 4 is 34.6 Å². The lowest BCUT2D eigenvalue weighted by molar-refractivity contribution is -0.132. The van der Waals surface area contributed by atoms with Crippen molar-refractivity contribution in [2.75, 3.05) is 5.75 Å². The Morgan fingerprint density at radius 2 is 1.86 bits per heavy atom. The maximum Gasteiger partial charge on any atom is 0.279 e. The lowest BCUT2D eigenvalue weighted by atomic mass is 10.3. The number of amides is 2. The van der Waals surface area contributed by atoms with Crippen LogP contribution in [-0.2, 0) is 9.59 Å². The van der Waals surface area contributed by atoms with Gasteiger partial charge in [-0.15, -0.1) is 11.8 Å². The van der Waals surface area contributed by atoms with Crippen LogP contribution in [0.15, 0.2) is 48.5 Å². The van der Waals surface area contributed by atoms with E-state index in [9.17, 15) is 14.0 Å². The molecule has 0 aliphatic heterocycles. The summed E-state index contributed by atoms with van der Waals surface area (Å²) in [6.45, 7) is 3.41. The highest BCUT2D eigenvalue weighted by molar-refractivity contribution is 8.00. The van der Waals surface area contributed by atoms with Crippen LogP contribution in [0.2, 0.25) is 0 Å². The van der Waals surface area contributed by atoms with Crippen LogP contribution in [-0.4, -0.2) is 33.6 Å². The first-order valence-electron chi connectivity index (χ1n) is 9.00. The lowest BCUT2D eigenvalue weighted by Gasteiger charge is -2.15. The van der Waals surface area contributed by atoms with Crippen LogP contribution in [0.3, 0.4) is 0 Å². The number of carbonyl (C=O) groups is 2. The number of aromatic amines is 1. The number of hydrogen-bond acceptors (Lipinski definition) is 5. The minimum atomic E-state index is -0.977. The fourth-order valence-corrected chi connectivity index (χ4v) is 3.24. The molecular formula is C20H21FN4O3S. The van der Waals surface area contributed by atoms with E-state index in [2.05, 4.69) is 20.8 Å². The minimum absolute atomic E-state index is 0.0308. The molecule has 0 radical (unpaired) electrons. The van der Waals surface area contributed by atoms with Gasteiger partial charge in [-0.3, -0.25) is 20.4 Å². The standard InChI is InChI=1S/C20H21FN4O3S/c1-12(28-17-10-6-3-7-14(17)21)20(27)25-24-18(26)11-29-13(2)19-22-15-8-4-5-9-16(15)23-19/h3-10,12-13H,11H2,1-2H3,(H,22,23)(H,24,26)(H,25,27)/t12-,13-/m0/s1. The number of para-hydroxylation sites is 3. The molecule has 2 amide bonds. The van der Waals surface area contributed by atoms with Gasteiger partial charge in [-0.05, 0) is 38.1 Å². The number of hydrogen-bond donors (Lipinski definition) is 3. The van der Waals surface area contributed by atoms with Gasteiger partial charge in [0.2, 0.25) is 5.91 Å². The summed E-state index contributed by atoms with van der Waals surface area (Å²) in [5, 5.41) is -0.0350. The maximum atomic E-state index is 13.6. The van der Waals surface area contributed by atoms with Crippen molar-refractivity contribution in [1.82, 2.24) is 20.8 Å². The van der Waals surface area contributed by atoms with E-state index in [-0.39, 0.29) is 22.7 Å². The minimum Gasteiger partial charge on any atom is -0.478 e. The fraction of sp³-hybridized carbons (Fsp3) is 0.250. The molecule has 0 unspecified atom stereocenters. The predicted octanol–water partition coefficient (Wildman–Crippen LogP) is 3.11. The van der Waals surface area contributed by atoms with E-state index >= 15 is 0 Å². The Morgan fingerprint density at radius 3 is 2.62 bits per heavy atom. The van der Waals surface area contributed by atoms with E-state index in [1.165, 1.54) is 36.9 Å². The Morgan fingerprint density at radius 1 is 1.14 bits per heavy atom. The number of thioether (sulfide) groups is 1. The van der Waals surface area contributed by atoms with Crippen LogP contribution in [0.1, 0.15) is 24.9 Å². The van der Waals surface area contributed by atoms with Crippen molar-refractivity contribution in [2.45, 2.75) is 25.2 Å². The molecule has 0 fully saturated rings. The zero-order valence-corrected chi connectivity index (χ0v) is 16.8. The third-order valence-corrected chi connectivity index (χ3v) is 5.24. The molecule has 0 aliphatic rings. The van der Waals surface area contributed by atoms with Gasteiger partial charge >= 0.3 is 0 Å². The number of fused-ring (bicyclic) bond motifs is 1. The second-order valence-corrected chi connectivity index (χ2v) is 7.65. The normalized spacial score (nSPS) is 12.9. The summed E-state index contributed by atoms with van der Waals surface area (Å²) < 4.78 is 18.8. The van der Waals surface area contributed by atoms with Gasteiger partial charge in [-0.25, -0.2) is 9.37 Å². The van der Waals surface area contributed by atoms with Crippen molar-refractivity contribution in [1.29, 1.82) is 0 Å². The quantitative estimate of drug-likeness (QED) is 0.515. The summed E-state index contributed by atoms with van der Waals surface area (Å²) in [7, 11) is 0. The molecule has 3 aromatic rings. The Labute approximate surface area is 171 Å². The summed E-state index contributed by atoms with van der Waals surface area (Å²) in [4.78, 5) is 31.8. The Kier molecular flexibility index (Phi) is 6.71. The number of nitrogens with one attached hydrogen (secondary N) is 3. The third-order valence-electron chi connectivity index (χ3n) is 4.09. The van der Waals surface area contributed by atoms with E-state index in [1.54, 1.807) is 6.07 Å². The van der Waals surface area contributed by atoms with Crippen molar-refractivity contribution in [2.24, 2.45) is 0 Å². The molecule has 2 atom stereocenters. The number of imidazole rings is 1. The van der Waals surface area contributed by atoms with Gasteiger partial charge in [0, 0.05) is 0 Å². The molecule has 9 heteroatoms. The van der Waals surface area contributed by atoms with Crippen molar-refractivity contribution in [3.8, 4) is 5.75 Å². The Bertz CT molecular complexity index is 977. The first-order chi connectivity index (χ1) is 13.9. The average molecular weight is 416 g/mol. The van der Waals surface area contributed by atoms with Crippen LogP contribution >= 0.6 is 11.8 Å². The van der Waals surface area contributed by atoms with E-state index in [0.29, 0.717) is 0 Å². The molecule has 29 heavy (non-hydrogen) atoms. The third kappa shape index (κ3) is 5.47. The number of nitrogens with zero attached hydrogens (tertiary/aromatic N) is 1. The molecule has 2 aromatic carbocycles. The summed E-state index contributed by atoms with van der Waals surface area (Å²) in [6, 6.07) is 13.5. The highest BCUT2D eigenvalue weighted by Gasteiger charge is 2.18. The number of halogens is 1. The molecule has 0 spiro atoms. The zero-order valence-electron chi connectivity index (χ0n) is 15.9. The first kappa shape index (κ1) is 20.7. The second kappa shape index (κ2) is 9.42. The monoisotopic (exact) mass is 416 g/mol. The largest absolute Gasteiger partial charge is 0.478 e. The van der Waals surface area contributed by atoms with Gasteiger partial charge in [0.05, 0.1) is 22.0 Å². The van der Waals surface area contributed by atoms with E-state index in [1.807, 2.05) is 31.2 Å². The van der Waals surface area contributed by atoms with Crippen molar-refractivity contribution in [3.63, 3.8) is 0 Å². The van der Waals surface area contributed by atoms with Gasteiger partial charge in [0.1, 0.15) is 5.82 Å². The van der Waals surface area contributed by atoms with E-state index in [4.69, 9.17) is 4.74 Å². The molecular weight excluding hydrogens is 395 g/mol. The topological polar surface area (TPSA) is 96.1 Å².